The molecule has 0 atom stereocenters. The first-order chi connectivity index (χ1) is 13.9. The quantitative estimate of drug-likeness (QED) is 0.218. The maximum atomic E-state index is 6.74. The molecule has 0 aliphatic carbocycles. The Balaban J connectivity index is 1.78. The Morgan fingerprint density at radius 2 is 0.964 bits per heavy atom. The molecule has 0 N–H and O–H groups in total. The molecule has 0 aliphatic rings. The molecule has 4 aromatic carbocycles. The summed E-state index contributed by atoms with van der Waals surface area (Å²) in [4.78, 5) is 0. The number of rotatable bonds is 6. The fourth-order valence-electron chi connectivity index (χ4n) is 2.95. The maximum absolute atomic E-state index is 6.74. The molecule has 0 aliphatic heterocycles. The molecule has 0 aromatic heterocycles. The zero-order valence-electron chi connectivity index (χ0n) is 15.5. The Morgan fingerprint density at radius 1 is 0.536 bits per heavy atom. The molecular weight excluding hydrogens is 359 g/mol. The fourth-order valence-corrected chi connectivity index (χ4v) is 4.69. The largest absolute Gasteiger partial charge is 0.464 e. The van der Waals surface area contributed by atoms with Crippen molar-refractivity contribution in [2.75, 3.05) is 0 Å². The number of hydrogen-bond acceptors (Lipinski definition) is 1. The van der Waals surface area contributed by atoms with Crippen LogP contribution in [0.3, 0.4) is 0 Å². The van der Waals surface area contributed by atoms with Crippen molar-refractivity contribution in [1.82, 2.24) is 0 Å². The van der Waals surface area contributed by atoms with E-state index in [1.807, 2.05) is 48.5 Å². The molecule has 0 bridgehead atoms. The van der Waals surface area contributed by atoms with Gasteiger partial charge in [0.2, 0.25) is 0 Å². The molecule has 136 valence electrons. The highest BCUT2D eigenvalue weighted by atomic mass is 31.1. The predicted molar refractivity (Wildman–Crippen MR) is 121 cm³/mol. The highest BCUT2D eigenvalue weighted by Gasteiger charge is 2.18. The zero-order chi connectivity index (χ0) is 19.0. The van der Waals surface area contributed by atoms with Gasteiger partial charge in [-0.25, -0.2) is 0 Å². The standard InChI is InChI=1S/C26H21OP/c1-5-13-22(14-6-1)21-26(23-15-7-2-8-16-23)27-28(24-17-9-3-10-18-24)25-19-11-4-12-20-25/h1-21H/b26-21-. The zero-order valence-corrected chi connectivity index (χ0v) is 16.4. The van der Waals surface area contributed by atoms with Gasteiger partial charge >= 0.3 is 0 Å². The maximum Gasteiger partial charge on any atom is 0.150 e. The van der Waals surface area contributed by atoms with Crippen molar-refractivity contribution >= 4 is 30.6 Å². The van der Waals surface area contributed by atoms with Gasteiger partial charge in [-0.15, -0.1) is 0 Å². The highest BCUT2D eigenvalue weighted by molar-refractivity contribution is 7.68. The molecule has 2 heteroatoms. The van der Waals surface area contributed by atoms with Crippen LogP contribution in [0.25, 0.3) is 11.8 Å². The van der Waals surface area contributed by atoms with Gasteiger partial charge in [-0.2, -0.15) is 0 Å². The molecule has 4 rings (SSSR count). The van der Waals surface area contributed by atoms with Crippen LogP contribution in [0, 0.1) is 0 Å². The molecule has 0 heterocycles. The third-order valence-corrected chi connectivity index (χ3v) is 6.24. The Bertz CT molecular complexity index is 974. The van der Waals surface area contributed by atoms with Gasteiger partial charge in [-0.3, -0.25) is 0 Å². The summed E-state index contributed by atoms with van der Waals surface area (Å²) >= 11 is 0. The monoisotopic (exact) mass is 380 g/mol. The van der Waals surface area contributed by atoms with Crippen LogP contribution in [0.2, 0.25) is 0 Å². The molecule has 28 heavy (non-hydrogen) atoms. The average molecular weight is 380 g/mol. The molecule has 0 saturated carbocycles. The van der Waals surface area contributed by atoms with Crippen molar-refractivity contribution in [3.63, 3.8) is 0 Å². The lowest BCUT2D eigenvalue weighted by Gasteiger charge is -2.21. The van der Waals surface area contributed by atoms with Gasteiger partial charge in [0.05, 0.1) is 0 Å². The second-order valence-corrected chi connectivity index (χ2v) is 8.15. The van der Waals surface area contributed by atoms with Gasteiger partial charge in [0.1, 0.15) is 5.76 Å². The lowest BCUT2D eigenvalue weighted by Crippen LogP contribution is -2.13. The van der Waals surface area contributed by atoms with E-state index in [1.54, 1.807) is 0 Å². The molecule has 0 fully saturated rings. The highest BCUT2D eigenvalue weighted by Crippen LogP contribution is 2.41. The summed E-state index contributed by atoms with van der Waals surface area (Å²) in [6.45, 7) is 0. The smallest absolute Gasteiger partial charge is 0.150 e. The third kappa shape index (κ3) is 4.57. The summed E-state index contributed by atoms with van der Waals surface area (Å²) in [6, 6.07) is 41.6. The van der Waals surface area contributed by atoms with Crippen molar-refractivity contribution in [3.05, 3.63) is 132 Å². The van der Waals surface area contributed by atoms with E-state index in [0.717, 1.165) is 16.9 Å². The van der Waals surface area contributed by atoms with Crippen molar-refractivity contribution in [2.24, 2.45) is 0 Å². The average Bonchev–Trinajstić information content (AvgIpc) is 2.79. The van der Waals surface area contributed by atoms with Crippen LogP contribution in [0.5, 0.6) is 0 Å². The predicted octanol–water partition coefficient (Wildman–Crippen LogP) is 6.25. The molecule has 0 radical (unpaired) electrons. The van der Waals surface area contributed by atoms with E-state index in [4.69, 9.17) is 4.52 Å². The van der Waals surface area contributed by atoms with E-state index in [1.165, 1.54) is 10.6 Å². The normalized spacial score (nSPS) is 11.4. The number of hydrogen-bond donors (Lipinski definition) is 0. The van der Waals surface area contributed by atoms with Gasteiger partial charge in [0, 0.05) is 16.2 Å². The minimum Gasteiger partial charge on any atom is -0.464 e. The minimum atomic E-state index is -0.978. The second-order valence-electron chi connectivity index (χ2n) is 6.34. The summed E-state index contributed by atoms with van der Waals surface area (Å²) in [7, 11) is -0.978. The van der Waals surface area contributed by atoms with Gasteiger partial charge in [0.25, 0.3) is 0 Å². The molecule has 1 nitrogen and oxygen atoms in total. The van der Waals surface area contributed by atoms with Crippen LogP contribution in [0.1, 0.15) is 11.1 Å². The number of benzene rings is 4. The van der Waals surface area contributed by atoms with Crippen LogP contribution in [-0.2, 0) is 4.52 Å². The van der Waals surface area contributed by atoms with E-state index in [0.29, 0.717) is 0 Å². The van der Waals surface area contributed by atoms with E-state index < -0.39 is 8.15 Å². The van der Waals surface area contributed by atoms with Crippen LogP contribution < -0.4 is 10.6 Å². The molecule has 4 aromatic rings. The van der Waals surface area contributed by atoms with Crippen molar-refractivity contribution in [3.8, 4) is 0 Å². The molecular formula is C26H21OP. The Morgan fingerprint density at radius 3 is 1.46 bits per heavy atom. The van der Waals surface area contributed by atoms with Crippen molar-refractivity contribution < 1.29 is 4.52 Å². The lowest BCUT2D eigenvalue weighted by molar-refractivity contribution is 0.590. The summed E-state index contributed by atoms with van der Waals surface area (Å²) in [5.41, 5.74) is 2.20. The summed E-state index contributed by atoms with van der Waals surface area (Å²) in [6.07, 6.45) is 2.12. The molecule has 0 unspecified atom stereocenters. The summed E-state index contributed by atoms with van der Waals surface area (Å²) in [5.74, 6) is 0.880. The minimum absolute atomic E-state index is 0.880. The SMILES string of the molecule is C(=C(/OP(c1ccccc1)c1ccccc1)c1ccccc1)/c1ccccc1. The van der Waals surface area contributed by atoms with Crippen LogP contribution in [-0.4, -0.2) is 0 Å². The van der Waals surface area contributed by atoms with E-state index >= 15 is 0 Å². The fraction of sp³-hybridized carbons (Fsp3) is 0. The van der Waals surface area contributed by atoms with Crippen molar-refractivity contribution in [2.45, 2.75) is 0 Å². The second kappa shape index (κ2) is 9.17. The lowest BCUT2D eigenvalue weighted by atomic mass is 10.1. The molecule has 0 spiro atoms. The van der Waals surface area contributed by atoms with E-state index in [-0.39, 0.29) is 0 Å². The van der Waals surface area contributed by atoms with E-state index in [9.17, 15) is 0 Å². The Labute approximate surface area is 167 Å². The van der Waals surface area contributed by atoms with Crippen molar-refractivity contribution in [1.29, 1.82) is 0 Å². The van der Waals surface area contributed by atoms with Gasteiger partial charge in [0.15, 0.2) is 8.15 Å². The van der Waals surface area contributed by atoms with E-state index in [2.05, 4.69) is 78.9 Å². The summed E-state index contributed by atoms with van der Waals surface area (Å²) in [5, 5.41) is 2.39. The van der Waals surface area contributed by atoms with Crippen LogP contribution in [0.15, 0.2) is 121 Å². The third-order valence-electron chi connectivity index (χ3n) is 4.33. The van der Waals surface area contributed by atoms with Crippen LogP contribution >= 0.6 is 8.15 Å². The molecule has 0 saturated heterocycles. The van der Waals surface area contributed by atoms with Crippen LogP contribution in [0.4, 0.5) is 0 Å². The first kappa shape index (κ1) is 18.2. The Kier molecular flexibility index (Phi) is 5.97. The van der Waals surface area contributed by atoms with Gasteiger partial charge < -0.3 is 4.52 Å². The van der Waals surface area contributed by atoms with Gasteiger partial charge in [-0.1, -0.05) is 121 Å². The summed E-state index contributed by atoms with van der Waals surface area (Å²) < 4.78 is 6.74. The molecule has 0 amide bonds. The van der Waals surface area contributed by atoms with Gasteiger partial charge in [-0.05, 0) is 11.6 Å². The first-order valence-electron chi connectivity index (χ1n) is 9.30. The Hall–Kier alpha value is -3.15. The topological polar surface area (TPSA) is 9.23 Å². The first-order valence-corrected chi connectivity index (χ1v) is 10.6.